The molecule has 2 heteroatoms. The Kier molecular flexibility index (Phi) is 1.94. The Morgan fingerprint density at radius 1 is 1.14 bits per heavy atom. The first-order valence-corrected chi connectivity index (χ1v) is 4.49. The molecule has 0 saturated carbocycles. The second-order valence-electron chi connectivity index (χ2n) is 3.39. The lowest BCUT2D eigenvalue weighted by molar-refractivity contribution is 1.28. The second-order valence-corrected chi connectivity index (χ2v) is 3.39. The number of nitrogens with zero attached hydrogens (tertiary/aromatic N) is 2. The summed E-state index contributed by atoms with van der Waals surface area (Å²) >= 11 is 0. The van der Waals surface area contributed by atoms with Crippen molar-refractivity contribution in [2.45, 2.75) is 13.8 Å². The second kappa shape index (κ2) is 3.12. The number of pyridine rings is 1. The monoisotopic (exact) mass is 182 g/mol. The summed E-state index contributed by atoms with van der Waals surface area (Å²) in [6, 6.07) is 9.85. The van der Waals surface area contributed by atoms with Gasteiger partial charge in [-0.3, -0.25) is 0 Å². The molecule has 2 aromatic rings. The van der Waals surface area contributed by atoms with Gasteiger partial charge in [0, 0.05) is 5.39 Å². The van der Waals surface area contributed by atoms with Crippen molar-refractivity contribution >= 4 is 10.9 Å². The minimum Gasteiger partial charge on any atom is -0.237 e. The summed E-state index contributed by atoms with van der Waals surface area (Å²) in [6.45, 7) is 4.08. The highest BCUT2D eigenvalue weighted by Crippen LogP contribution is 2.19. The molecule has 0 atom stereocenters. The van der Waals surface area contributed by atoms with E-state index in [4.69, 9.17) is 5.26 Å². The van der Waals surface area contributed by atoms with Crippen molar-refractivity contribution in [3.63, 3.8) is 0 Å². The Hall–Kier alpha value is -1.88. The molecule has 1 heterocycles. The largest absolute Gasteiger partial charge is 0.237 e. The molecular weight excluding hydrogens is 172 g/mol. The summed E-state index contributed by atoms with van der Waals surface area (Å²) in [5.41, 5.74) is 3.77. The van der Waals surface area contributed by atoms with Gasteiger partial charge in [0.25, 0.3) is 0 Å². The van der Waals surface area contributed by atoms with Crippen LogP contribution < -0.4 is 0 Å². The molecule has 0 unspecified atom stereocenters. The van der Waals surface area contributed by atoms with Gasteiger partial charge in [-0.05, 0) is 37.1 Å². The zero-order chi connectivity index (χ0) is 10.1. The summed E-state index contributed by atoms with van der Waals surface area (Å²) in [5.74, 6) is 0. The summed E-state index contributed by atoms with van der Waals surface area (Å²) in [4.78, 5) is 4.29. The van der Waals surface area contributed by atoms with Crippen LogP contribution in [0.25, 0.3) is 10.9 Å². The quantitative estimate of drug-likeness (QED) is 0.628. The van der Waals surface area contributed by atoms with Crippen LogP contribution in [0.3, 0.4) is 0 Å². The Morgan fingerprint density at radius 3 is 2.57 bits per heavy atom. The SMILES string of the molecule is Cc1ccc2ccc(C#N)nc2c1C. The fourth-order valence-corrected chi connectivity index (χ4v) is 1.49. The van der Waals surface area contributed by atoms with Crippen LogP contribution in [0, 0.1) is 25.2 Å². The molecule has 0 aliphatic carbocycles. The highest BCUT2D eigenvalue weighted by molar-refractivity contribution is 5.83. The third kappa shape index (κ3) is 1.23. The molecule has 1 aromatic carbocycles. The Balaban J connectivity index is 2.86. The summed E-state index contributed by atoms with van der Waals surface area (Å²) in [7, 11) is 0. The number of fused-ring (bicyclic) bond motifs is 1. The van der Waals surface area contributed by atoms with E-state index in [2.05, 4.69) is 24.0 Å². The van der Waals surface area contributed by atoms with Crippen molar-refractivity contribution in [1.82, 2.24) is 4.98 Å². The molecular formula is C12H10N2. The first-order chi connectivity index (χ1) is 6.72. The molecule has 0 fully saturated rings. The van der Waals surface area contributed by atoms with E-state index < -0.39 is 0 Å². The number of aromatic nitrogens is 1. The lowest BCUT2D eigenvalue weighted by atomic mass is 10.1. The first-order valence-electron chi connectivity index (χ1n) is 4.49. The molecule has 0 radical (unpaired) electrons. The summed E-state index contributed by atoms with van der Waals surface area (Å²) in [5, 5.41) is 9.83. The van der Waals surface area contributed by atoms with Crippen LogP contribution >= 0.6 is 0 Å². The van der Waals surface area contributed by atoms with E-state index in [1.165, 1.54) is 5.56 Å². The van der Waals surface area contributed by atoms with Crippen LogP contribution in [0.5, 0.6) is 0 Å². The average Bonchev–Trinajstić information content (AvgIpc) is 2.23. The van der Waals surface area contributed by atoms with Gasteiger partial charge in [-0.15, -0.1) is 0 Å². The Bertz CT molecular complexity index is 536. The van der Waals surface area contributed by atoms with E-state index >= 15 is 0 Å². The smallest absolute Gasteiger partial charge is 0.141 e. The molecule has 0 aliphatic heterocycles. The molecule has 14 heavy (non-hydrogen) atoms. The number of aryl methyl sites for hydroxylation is 2. The van der Waals surface area contributed by atoms with Gasteiger partial charge in [-0.25, -0.2) is 4.98 Å². The first kappa shape index (κ1) is 8.71. The van der Waals surface area contributed by atoms with Crippen LogP contribution in [-0.4, -0.2) is 4.98 Å². The molecule has 0 amide bonds. The number of rotatable bonds is 0. The summed E-state index contributed by atoms with van der Waals surface area (Å²) < 4.78 is 0. The fraction of sp³-hybridized carbons (Fsp3) is 0.167. The van der Waals surface area contributed by atoms with E-state index in [1.807, 2.05) is 19.1 Å². The van der Waals surface area contributed by atoms with Crippen LogP contribution in [-0.2, 0) is 0 Å². The fourth-order valence-electron chi connectivity index (χ4n) is 1.49. The van der Waals surface area contributed by atoms with E-state index in [-0.39, 0.29) is 0 Å². The van der Waals surface area contributed by atoms with Crippen LogP contribution in [0.2, 0.25) is 0 Å². The van der Waals surface area contributed by atoms with E-state index in [1.54, 1.807) is 6.07 Å². The van der Waals surface area contributed by atoms with E-state index in [0.29, 0.717) is 5.69 Å². The number of hydrogen-bond donors (Lipinski definition) is 0. The minimum atomic E-state index is 0.478. The normalized spacial score (nSPS) is 10.1. The van der Waals surface area contributed by atoms with Crippen molar-refractivity contribution in [3.8, 4) is 6.07 Å². The Morgan fingerprint density at radius 2 is 1.86 bits per heavy atom. The van der Waals surface area contributed by atoms with Gasteiger partial charge in [0.1, 0.15) is 11.8 Å². The molecule has 0 saturated heterocycles. The van der Waals surface area contributed by atoms with Crippen LogP contribution in [0.1, 0.15) is 16.8 Å². The van der Waals surface area contributed by atoms with Gasteiger partial charge < -0.3 is 0 Å². The third-order valence-electron chi connectivity index (χ3n) is 2.50. The van der Waals surface area contributed by atoms with Gasteiger partial charge in [0.2, 0.25) is 0 Å². The molecule has 0 N–H and O–H groups in total. The maximum atomic E-state index is 8.74. The lowest BCUT2D eigenvalue weighted by Crippen LogP contribution is -1.89. The average molecular weight is 182 g/mol. The van der Waals surface area contributed by atoms with Crippen LogP contribution in [0.15, 0.2) is 24.3 Å². The summed E-state index contributed by atoms with van der Waals surface area (Å²) in [6.07, 6.45) is 0. The molecule has 2 rings (SSSR count). The molecule has 0 bridgehead atoms. The van der Waals surface area contributed by atoms with Gasteiger partial charge in [0.05, 0.1) is 5.52 Å². The standard InChI is InChI=1S/C12H10N2/c1-8-3-4-10-5-6-11(7-13)14-12(10)9(8)2/h3-6H,1-2H3. The van der Waals surface area contributed by atoms with Gasteiger partial charge in [-0.1, -0.05) is 12.1 Å². The van der Waals surface area contributed by atoms with Crippen molar-refractivity contribution in [2.24, 2.45) is 0 Å². The van der Waals surface area contributed by atoms with Gasteiger partial charge in [-0.2, -0.15) is 5.26 Å². The van der Waals surface area contributed by atoms with Crippen molar-refractivity contribution in [3.05, 3.63) is 41.1 Å². The highest BCUT2D eigenvalue weighted by atomic mass is 14.7. The zero-order valence-corrected chi connectivity index (χ0v) is 8.20. The van der Waals surface area contributed by atoms with E-state index in [0.717, 1.165) is 16.5 Å². The Labute approximate surface area is 82.8 Å². The van der Waals surface area contributed by atoms with Crippen LogP contribution in [0.4, 0.5) is 0 Å². The van der Waals surface area contributed by atoms with Crippen molar-refractivity contribution < 1.29 is 0 Å². The predicted octanol–water partition coefficient (Wildman–Crippen LogP) is 2.72. The highest BCUT2D eigenvalue weighted by Gasteiger charge is 2.02. The molecule has 0 spiro atoms. The molecule has 1 aromatic heterocycles. The van der Waals surface area contributed by atoms with Crippen molar-refractivity contribution in [1.29, 1.82) is 5.26 Å². The number of benzene rings is 1. The lowest BCUT2D eigenvalue weighted by Gasteiger charge is -2.04. The molecule has 68 valence electrons. The topological polar surface area (TPSA) is 36.7 Å². The zero-order valence-electron chi connectivity index (χ0n) is 8.20. The molecule has 0 aliphatic rings. The van der Waals surface area contributed by atoms with Gasteiger partial charge >= 0.3 is 0 Å². The predicted molar refractivity (Wildman–Crippen MR) is 55.9 cm³/mol. The maximum Gasteiger partial charge on any atom is 0.141 e. The van der Waals surface area contributed by atoms with Crippen molar-refractivity contribution in [2.75, 3.05) is 0 Å². The number of hydrogen-bond acceptors (Lipinski definition) is 2. The minimum absolute atomic E-state index is 0.478. The third-order valence-corrected chi connectivity index (χ3v) is 2.50. The maximum absolute atomic E-state index is 8.74. The van der Waals surface area contributed by atoms with E-state index in [9.17, 15) is 0 Å². The number of nitriles is 1. The molecule has 2 nitrogen and oxygen atoms in total. The van der Waals surface area contributed by atoms with Gasteiger partial charge in [0.15, 0.2) is 0 Å².